The third-order valence-electron chi connectivity index (χ3n) is 3.27. The number of carbonyl (C=O) groups excluding carboxylic acids is 1. The fourth-order valence-corrected chi connectivity index (χ4v) is 2.82. The zero-order valence-electron chi connectivity index (χ0n) is 9.73. The van der Waals surface area contributed by atoms with Crippen LogP contribution in [0.15, 0.2) is 28.7 Å². The van der Waals surface area contributed by atoms with E-state index in [1.807, 2.05) is 12.1 Å². The van der Waals surface area contributed by atoms with Gasteiger partial charge in [-0.2, -0.15) is 0 Å². The van der Waals surface area contributed by atoms with E-state index >= 15 is 0 Å². The first kappa shape index (κ1) is 12.6. The van der Waals surface area contributed by atoms with Gasteiger partial charge in [-0.1, -0.05) is 34.1 Å². The predicted octanol–water partition coefficient (Wildman–Crippen LogP) is 2.29. The van der Waals surface area contributed by atoms with Crippen molar-refractivity contribution in [3.05, 3.63) is 34.3 Å². The minimum Gasteiger partial charge on any atom is -0.370 e. The van der Waals surface area contributed by atoms with Crippen molar-refractivity contribution in [2.75, 3.05) is 6.54 Å². The van der Waals surface area contributed by atoms with Crippen LogP contribution in [0.4, 0.5) is 0 Å². The molecule has 17 heavy (non-hydrogen) atoms. The second-order valence-corrected chi connectivity index (χ2v) is 5.38. The van der Waals surface area contributed by atoms with Crippen LogP contribution in [0.5, 0.6) is 0 Å². The standard InChI is InChI=1S/C13H17BrN2O/c14-12-6-2-1-4-10(12)9-16-7-3-5-11(16)8-13(15)17/h1-2,4,6,11H,3,5,7-9H2,(H2,15,17). The molecule has 1 unspecified atom stereocenters. The Balaban J connectivity index is 2.03. The molecule has 1 aromatic carbocycles. The van der Waals surface area contributed by atoms with Gasteiger partial charge in [0.2, 0.25) is 5.91 Å². The monoisotopic (exact) mass is 296 g/mol. The lowest BCUT2D eigenvalue weighted by molar-refractivity contribution is -0.119. The average molecular weight is 297 g/mol. The molecule has 0 radical (unpaired) electrons. The molecule has 1 aliphatic rings. The Morgan fingerprint density at radius 1 is 1.47 bits per heavy atom. The third-order valence-corrected chi connectivity index (χ3v) is 4.04. The Bertz CT molecular complexity index is 408. The molecular formula is C13H17BrN2O. The van der Waals surface area contributed by atoms with Crippen molar-refractivity contribution < 1.29 is 4.79 Å². The first-order valence-corrected chi connectivity index (χ1v) is 6.72. The normalized spacial score (nSPS) is 20.6. The maximum atomic E-state index is 11.0. The molecule has 0 bridgehead atoms. The number of nitrogens with zero attached hydrogens (tertiary/aromatic N) is 1. The minimum absolute atomic E-state index is 0.200. The molecule has 1 heterocycles. The topological polar surface area (TPSA) is 46.3 Å². The van der Waals surface area contributed by atoms with Crippen LogP contribution in [0, 0.1) is 0 Å². The predicted molar refractivity (Wildman–Crippen MR) is 71.4 cm³/mol. The van der Waals surface area contributed by atoms with Gasteiger partial charge in [-0.25, -0.2) is 0 Å². The Labute approximate surface area is 110 Å². The SMILES string of the molecule is NC(=O)CC1CCCN1Cc1ccccc1Br. The number of likely N-dealkylation sites (tertiary alicyclic amines) is 1. The van der Waals surface area contributed by atoms with E-state index < -0.39 is 0 Å². The van der Waals surface area contributed by atoms with Crippen LogP contribution in [-0.4, -0.2) is 23.4 Å². The van der Waals surface area contributed by atoms with E-state index in [1.165, 1.54) is 5.56 Å². The summed E-state index contributed by atoms with van der Waals surface area (Å²) in [5.74, 6) is -0.200. The van der Waals surface area contributed by atoms with Gasteiger partial charge in [-0.3, -0.25) is 9.69 Å². The molecule has 0 aliphatic carbocycles. The number of primary amides is 1. The molecule has 4 heteroatoms. The second kappa shape index (κ2) is 5.65. The van der Waals surface area contributed by atoms with Gasteiger partial charge < -0.3 is 5.73 Å². The number of hydrogen-bond acceptors (Lipinski definition) is 2. The van der Waals surface area contributed by atoms with Gasteiger partial charge in [0, 0.05) is 23.5 Å². The van der Waals surface area contributed by atoms with E-state index in [0.29, 0.717) is 12.5 Å². The van der Waals surface area contributed by atoms with Crippen molar-refractivity contribution >= 4 is 21.8 Å². The molecular weight excluding hydrogens is 280 g/mol. The van der Waals surface area contributed by atoms with E-state index in [1.54, 1.807) is 0 Å². The van der Waals surface area contributed by atoms with E-state index in [9.17, 15) is 4.79 Å². The summed E-state index contributed by atoms with van der Waals surface area (Å²) in [7, 11) is 0. The molecule has 1 amide bonds. The number of hydrogen-bond donors (Lipinski definition) is 1. The maximum absolute atomic E-state index is 11.0. The van der Waals surface area contributed by atoms with Crippen LogP contribution in [0.1, 0.15) is 24.8 Å². The quantitative estimate of drug-likeness (QED) is 0.927. The van der Waals surface area contributed by atoms with Crippen LogP contribution >= 0.6 is 15.9 Å². The molecule has 0 aromatic heterocycles. The Morgan fingerprint density at radius 3 is 2.94 bits per heavy atom. The third kappa shape index (κ3) is 3.30. The summed E-state index contributed by atoms with van der Waals surface area (Å²) in [4.78, 5) is 13.4. The average Bonchev–Trinajstić information content (AvgIpc) is 2.68. The Morgan fingerprint density at radius 2 is 2.24 bits per heavy atom. The number of carbonyl (C=O) groups is 1. The van der Waals surface area contributed by atoms with Crippen molar-refractivity contribution in [1.82, 2.24) is 4.90 Å². The summed E-state index contributed by atoms with van der Waals surface area (Å²) in [6, 6.07) is 8.54. The summed E-state index contributed by atoms with van der Waals surface area (Å²) in [5.41, 5.74) is 6.55. The Kier molecular flexibility index (Phi) is 4.18. The van der Waals surface area contributed by atoms with Crippen LogP contribution in [0.25, 0.3) is 0 Å². The maximum Gasteiger partial charge on any atom is 0.218 e. The fourth-order valence-electron chi connectivity index (χ4n) is 2.41. The summed E-state index contributed by atoms with van der Waals surface area (Å²) in [6.07, 6.45) is 2.71. The van der Waals surface area contributed by atoms with Crippen molar-refractivity contribution in [2.45, 2.75) is 31.8 Å². The summed E-state index contributed by atoms with van der Waals surface area (Å²) in [5, 5.41) is 0. The zero-order valence-corrected chi connectivity index (χ0v) is 11.3. The first-order valence-electron chi connectivity index (χ1n) is 5.92. The highest BCUT2D eigenvalue weighted by Crippen LogP contribution is 2.25. The summed E-state index contributed by atoms with van der Waals surface area (Å²) < 4.78 is 1.13. The highest BCUT2D eigenvalue weighted by molar-refractivity contribution is 9.10. The second-order valence-electron chi connectivity index (χ2n) is 4.53. The summed E-state index contributed by atoms with van der Waals surface area (Å²) in [6.45, 7) is 1.94. The van der Waals surface area contributed by atoms with Crippen LogP contribution in [0.2, 0.25) is 0 Å². The van der Waals surface area contributed by atoms with Crippen molar-refractivity contribution in [1.29, 1.82) is 0 Å². The van der Waals surface area contributed by atoms with Crippen LogP contribution in [0.3, 0.4) is 0 Å². The molecule has 0 saturated carbocycles. The van der Waals surface area contributed by atoms with Gasteiger partial charge in [0.05, 0.1) is 0 Å². The summed E-state index contributed by atoms with van der Waals surface area (Å²) >= 11 is 3.56. The van der Waals surface area contributed by atoms with E-state index in [0.717, 1.165) is 30.4 Å². The molecule has 1 aromatic rings. The van der Waals surface area contributed by atoms with Crippen LogP contribution < -0.4 is 5.73 Å². The molecule has 2 rings (SSSR count). The van der Waals surface area contributed by atoms with Gasteiger partial charge >= 0.3 is 0 Å². The van der Waals surface area contributed by atoms with Gasteiger partial charge in [0.1, 0.15) is 0 Å². The van der Waals surface area contributed by atoms with Gasteiger partial charge in [-0.05, 0) is 31.0 Å². The highest BCUT2D eigenvalue weighted by Gasteiger charge is 2.26. The minimum atomic E-state index is -0.200. The van der Waals surface area contributed by atoms with Gasteiger partial charge in [-0.15, -0.1) is 0 Å². The van der Waals surface area contributed by atoms with E-state index in [2.05, 4.69) is 33.0 Å². The lowest BCUT2D eigenvalue weighted by Crippen LogP contribution is -2.32. The molecule has 0 spiro atoms. The molecule has 1 aliphatic heterocycles. The van der Waals surface area contributed by atoms with Crippen molar-refractivity contribution in [2.24, 2.45) is 5.73 Å². The zero-order chi connectivity index (χ0) is 12.3. The van der Waals surface area contributed by atoms with Crippen molar-refractivity contribution in [3.8, 4) is 0 Å². The molecule has 3 nitrogen and oxygen atoms in total. The number of benzene rings is 1. The highest BCUT2D eigenvalue weighted by atomic mass is 79.9. The van der Waals surface area contributed by atoms with E-state index in [-0.39, 0.29) is 5.91 Å². The fraction of sp³-hybridized carbons (Fsp3) is 0.462. The molecule has 92 valence electrons. The number of halogens is 1. The number of amides is 1. The smallest absolute Gasteiger partial charge is 0.218 e. The largest absolute Gasteiger partial charge is 0.370 e. The number of rotatable bonds is 4. The van der Waals surface area contributed by atoms with Crippen molar-refractivity contribution in [3.63, 3.8) is 0 Å². The van der Waals surface area contributed by atoms with Gasteiger partial charge in [0.15, 0.2) is 0 Å². The van der Waals surface area contributed by atoms with Crippen LogP contribution in [-0.2, 0) is 11.3 Å². The molecule has 1 atom stereocenters. The Hall–Kier alpha value is -0.870. The molecule has 1 saturated heterocycles. The van der Waals surface area contributed by atoms with E-state index in [4.69, 9.17) is 5.73 Å². The lowest BCUT2D eigenvalue weighted by Gasteiger charge is -2.23. The molecule has 2 N–H and O–H groups in total. The lowest BCUT2D eigenvalue weighted by atomic mass is 10.1. The number of nitrogens with two attached hydrogens (primary N) is 1. The van der Waals surface area contributed by atoms with Gasteiger partial charge in [0.25, 0.3) is 0 Å². The molecule has 1 fully saturated rings. The first-order chi connectivity index (χ1) is 8.16.